The van der Waals surface area contributed by atoms with Crippen LogP contribution >= 0.6 is 12.2 Å². The van der Waals surface area contributed by atoms with Crippen molar-refractivity contribution in [2.24, 2.45) is 5.73 Å². The van der Waals surface area contributed by atoms with E-state index < -0.39 is 27.7 Å². The Labute approximate surface area is 106 Å². The average Bonchev–Trinajstić information content (AvgIpc) is 2.14. The summed E-state index contributed by atoms with van der Waals surface area (Å²) in [5.41, 5.74) is 5.12. The molecule has 1 amide bonds. The Balaban J connectivity index is 4.19. The second kappa shape index (κ2) is 7.54. The summed E-state index contributed by atoms with van der Waals surface area (Å²) in [6.45, 7) is 2.11. The molecule has 0 saturated heterocycles. The van der Waals surface area contributed by atoms with E-state index in [1.54, 1.807) is 0 Å². The number of ether oxygens (including phenoxy) is 1. The van der Waals surface area contributed by atoms with E-state index in [9.17, 15) is 13.2 Å². The summed E-state index contributed by atoms with van der Waals surface area (Å²) in [5.74, 6) is -0.911. The van der Waals surface area contributed by atoms with Gasteiger partial charge >= 0.3 is 0 Å². The van der Waals surface area contributed by atoms with Crippen LogP contribution in [0.2, 0.25) is 0 Å². The minimum absolute atomic E-state index is 0.149. The van der Waals surface area contributed by atoms with E-state index in [1.807, 2.05) is 0 Å². The van der Waals surface area contributed by atoms with Crippen LogP contribution < -0.4 is 15.8 Å². The monoisotopic (exact) mass is 283 g/mol. The van der Waals surface area contributed by atoms with Gasteiger partial charge < -0.3 is 15.8 Å². The molecule has 0 bridgehead atoms. The van der Waals surface area contributed by atoms with Gasteiger partial charge in [-0.05, 0) is 6.92 Å². The van der Waals surface area contributed by atoms with Gasteiger partial charge in [0.2, 0.25) is 15.9 Å². The van der Waals surface area contributed by atoms with E-state index in [1.165, 1.54) is 14.0 Å². The molecule has 0 saturated carbocycles. The molecule has 17 heavy (non-hydrogen) atoms. The number of sulfonamides is 1. The first-order chi connectivity index (χ1) is 7.78. The lowest BCUT2D eigenvalue weighted by Crippen LogP contribution is -2.47. The maximum atomic E-state index is 11.4. The van der Waals surface area contributed by atoms with Gasteiger partial charge in [-0.1, -0.05) is 12.2 Å². The van der Waals surface area contributed by atoms with Gasteiger partial charge in [-0.2, -0.15) is 0 Å². The molecule has 0 fully saturated rings. The molecule has 0 aromatic carbocycles. The summed E-state index contributed by atoms with van der Waals surface area (Å²) in [6, 6.07) is -0.883. The van der Waals surface area contributed by atoms with Crippen LogP contribution in [0.15, 0.2) is 0 Å². The minimum Gasteiger partial charge on any atom is -0.392 e. The summed E-state index contributed by atoms with van der Waals surface area (Å²) >= 11 is 4.49. The van der Waals surface area contributed by atoms with Gasteiger partial charge in [0.05, 0.1) is 17.6 Å². The number of amides is 1. The predicted molar refractivity (Wildman–Crippen MR) is 68.1 cm³/mol. The number of thiocarbonyl (C=S) groups is 1. The van der Waals surface area contributed by atoms with E-state index in [4.69, 9.17) is 10.5 Å². The molecule has 0 aromatic rings. The summed E-state index contributed by atoms with van der Waals surface area (Å²) in [7, 11) is -2.16. The van der Waals surface area contributed by atoms with Crippen molar-refractivity contribution in [3.63, 3.8) is 0 Å². The number of nitrogens with two attached hydrogens (primary N) is 1. The van der Waals surface area contributed by atoms with Crippen LogP contribution in [0, 0.1) is 0 Å². The summed E-state index contributed by atoms with van der Waals surface area (Å²) in [4.78, 5) is 11.3. The fourth-order valence-corrected chi connectivity index (χ4v) is 2.55. The Morgan fingerprint density at radius 1 is 1.53 bits per heavy atom. The van der Waals surface area contributed by atoms with Crippen molar-refractivity contribution >= 4 is 33.1 Å². The molecule has 0 aliphatic rings. The molecule has 1 unspecified atom stereocenters. The fourth-order valence-electron chi connectivity index (χ4n) is 0.981. The van der Waals surface area contributed by atoms with Crippen molar-refractivity contribution in [1.29, 1.82) is 0 Å². The van der Waals surface area contributed by atoms with Crippen LogP contribution in [-0.4, -0.2) is 51.4 Å². The second-order valence-electron chi connectivity index (χ2n) is 3.35. The molecule has 0 heterocycles. The second-order valence-corrected chi connectivity index (χ2v) is 5.63. The zero-order valence-electron chi connectivity index (χ0n) is 9.73. The third-order valence-electron chi connectivity index (χ3n) is 1.69. The maximum Gasteiger partial charge on any atom is 0.237 e. The van der Waals surface area contributed by atoms with Crippen LogP contribution in [0.1, 0.15) is 6.92 Å². The first-order valence-electron chi connectivity index (χ1n) is 4.83. The first kappa shape index (κ1) is 16.2. The van der Waals surface area contributed by atoms with E-state index in [-0.39, 0.29) is 4.99 Å². The molecule has 1 atom stereocenters. The van der Waals surface area contributed by atoms with Gasteiger partial charge in [0, 0.05) is 13.7 Å². The highest BCUT2D eigenvalue weighted by Gasteiger charge is 2.20. The molecular weight excluding hydrogens is 266 g/mol. The highest BCUT2D eigenvalue weighted by Crippen LogP contribution is 1.90. The van der Waals surface area contributed by atoms with Crippen molar-refractivity contribution in [2.75, 3.05) is 26.0 Å². The smallest absolute Gasteiger partial charge is 0.237 e. The Hall–Kier alpha value is -0.770. The lowest BCUT2D eigenvalue weighted by atomic mass is 10.3. The number of nitrogens with one attached hydrogen (secondary N) is 2. The molecule has 0 aromatic heterocycles. The quantitative estimate of drug-likeness (QED) is 0.363. The summed E-state index contributed by atoms with van der Waals surface area (Å²) in [5, 5.41) is 2.50. The zero-order valence-corrected chi connectivity index (χ0v) is 11.4. The van der Waals surface area contributed by atoms with Crippen molar-refractivity contribution in [3.05, 3.63) is 0 Å². The number of carbonyl (C=O) groups excluding carboxylic acids is 1. The van der Waals surface area contributed by atoms with Gasteiger partial charge in [-0.3, -0.25) is 4.79 Å². The van der Waals surface area contributed by atoms with Crippen LogP contribution in [0.4, 0.5) is 0 Å². The van der Waals surface area contributed by atoms with E-state index in [0.717, 1.165) is 0 Å². The molecular formula is C8H17N3O4S2. The van der Waals surface area contributed by atoms with Gasteiger partial charge in [0.1, 0.15) is 5.75 Å². The Morgan fingerprint density at radius 2 is 2.12 bits per heavy atom. The number of hydrogen-bond donors (Lipinski definition) is 3. The van der Waals surface area contributed by atoms with E-state index in [0.29, 0.717) is 13.2 Å². The SMILES string of the molecule is COCCNC(=O)C(C)NS(=O)(=O)CC(N)=S. The Bertz CT molecular complexity index is 369. The minimum atomic E-state index is -3.66. The molecule has 0 spiro atoms. The molecule has 0 rings (SSSR count). The summed E-state index contributed by atoms with van der Waals surface area (Å²) < 4.78 is 29.7. The van der Waals surface area contributed by atoms with Crippen molar-refractivity contribution in [2.45, 2.75) is 13.0 Å². The van der Waals surface area contributed by atoms with E-state index in [2.05, 4.69) is 22.3 Å². The largest absolute Gasteiger partial charge is 0.392 e. The molecule has 7 nitrogen and oxygen atoms in total. The van der Waals surface area contributed by atoms with Crippen molar-refractivity contribution in [3.8, 4) is 0 Å². The fraction of sp³-hybridized carbons (Fsp3) is 0.750. The van der Waals surface area contributed by atoms with Gasteiger partial charge in [0.15, 0.2) is 0 Å². The lowest BCUT2D eigenvalue weighted by molar-refractivity contribution is -0.122. The zero-order chi connectivity index (χ0) is 13.5. The number of carbonyl (C=O) groups is 1. The number of rotatable bonds is 8. The van der Waals surface area contributed by atoms with Gasteiger partial charge in [0.25, 0.3) is 0 Å². The number of hydrogen-bond acceptors (Lipinski definition) is 5. The van der Waals surface area contributed by atoms with Crippen LogP contribution in [0.5, 0.6) is 0 Å². The maximum absolute atomic E-state index is 11.4. The predicted octanol–water partition coefficient (Wildman–Crippen LogP) is -1.66. The standard InChI is InChI=1S/C8H17N3O4S2/c1-6(8(12)10-3-4-15-2)11-17(13,14)5-7(9)16/h6,11H,3-5H2,1-2H3,(H2,9,16)(H,10,12). The highest BCUT2D eigenvalue weighted by molar-refractivity contribution is 7.92. The highest BCUT2D eigenvalue weighted by atomic mass is 32.2. The van der Waals surface area contributed by atoms with Gasteiger partial charge in [-0.15, -0.1) is 0 Å². The average molecular weight is 283 g/mol. The van der Waals surface area contributed by atoms with Gasteiger partial charge in [-0.25, -0.2) is 13.1 Å². The Morgan fingerprint density at radius 3 is 2.59 bits per heavy atom. The molecule has 0 aliphatic carbocycles. The Kier molecular flexibility index (Phi) is 7.19. The molecule has 0 radical (unpaired) electrons. The normalized spacial score (nSPS) is 13.1. The van der Waals surface area contributed by atoms with Crippen LogP contribution in [-0.2, 0) is 19.6 Å². The first-order valence-corrected chi connectivity index (χ1v) is 6.89. The van der Waals surface area contributed by atoms with Crippen molar-refractivity contribution in [1.82, 2.24) is 10.0 Å². The lowest BCUT2D eigenvalue weighted by Gasteiger charge is -2.13. The van der Waals surface area contributed by atoms with Crippen LogP contribution in [0.25, 0.3) is 0 Å². The third-order valence-corrected chi connectivity index (χ3v) is 3.42. The third kappa shape index (κ3) is 8.02. The van der Waals surface area contributed by atoms with Crippen LogP contribution in [0.3, 0.4) is 0 Å². The molecule has 9 heteroatoms. The summed E-state index contributed by atoms with van der Waals surface area (Å²) in [6.07, 6.45) is 0. The van der Waals surface area contributed by atoms with E-state index >= 15 is 0 Å². The topological polar surface area (TPSA) is 111 Å². The molecule has 100 valence electrons. The molecule has 0 aliphatic heterocycles. The van der Waals surface area contributed by atoms with Crippen molar-refractivity contribution < 1.29 is 17.9 Å². The molecule has 4 N–H and O–H groups in total. The number of methoxy groups -OCH3 is 1.